The molecule has 11 heteroatoms. The number of hydrogen-bond donors (Lipinski definition) is 1. The zero-order chi connectivity index (χ0) is 28.4. The predicted molar refractivity (Wildman–Crippen MR) is 155 cm³/mol. The lowest BCUT2D eigenvalue weighted by molar-refractivity contribution is -0.134. The lowest BCUT2D eigenvalue weighted by atomic mass is 9.85. The Kier molecular flexibility index (Phi) is 8.60. The quantitative estimate of drug-likeness (QED) is 0.295. The standard InChI is InChI=1S/C28H43N7O3Si/c1-8-35-17-20(15-30-35)22-16-29-25-23(31-22)21(18-34(25)19-38-13-14-39(5,6)7)26(36)32-24(28(2,3)4)27(37)33-11-9-10-12-33/h15-18,24H,8-14,19H2,1-7H3,(H,32,36)/t24-/m0/s1. The molecule has 1 aliphatic heterocycles. The van der Waals surface area contributed by atoms with Crippen LogP contribution in [-0.4, -0.2) is 74.8 Å². The molecule has 1 fully saturated rings. The van der Waals surface area contributed by atoms with Crippen molar-refractivity contribution in [3.63, 3.8) is 0 Å². The molecule has 212 valence electrons. The number of ether oxygens (including phenoxy) is 1. The second-order valence-electron chi connectivity index (χ2n) is 12.7. The van der Waals surface area contributed by atoms with Crippen molar-refractivity contribution in [3.05, 3.63) is 30.4 Å². The number of nitrogens with one attached hydrogen (secondary N) is 1. The maximum absolute atomic E-state index is 13.8. The molecule has 0 saturated carbocycles. The van der Waals surface area contributed by atoms with Crippen LogP contribution in [0.3, 0.4) is 0 Å². The van der Waals surface area contributed by atoms with Crippen LogP contribution in [0.2, 0.25) is 25.7 Å². The van der Waals surface area contributed by atoms with E-state index in [4.69, 9.17) is 9.72 Å². The van der Waals surface area contributed by atoms with Crippen LogP contribution in [0.4, 0.5) is 0 Å². The summed E-state index contributed by atoms with van der Waals surface area (Å²) in [6.07, 6.45) is 9.10. The first-order valence-electron chi connectivity index (χ1n) is 13.9. The fraction of sp³-hybridized carbons (Fsp3) is 0.607. The minimum atomic E-state index is -1.24. The average molecular weight is 554 g/mol. The van der Waals surface area contributed by atoms with Crippen LogP contribution >= 0.6 is 0 Å². The Bertz CT molecular complexity index is 1310. The fourth-order valence-electron chi connectivity index (χ4n) is 4.64. The molecule has 0 spiro atoms. The molecule has 0 radical (unpaired) electrons. The van der Waals surface area contributed by atoms with Gasteiger partial charge < -0.3 is 19.5 Å². The minimum Gasteiger partial charge on any atom is -0.361 e. The largest absolute Gasteiger partial charge is 0.361 e. The molecule has 3 aromatic rings. The number of fused-ring (bicyclic) bond motifs is 1. The van der Waals surface area contributed by atoms with Gasteiger partial charge in [-0.25, -0.2) is 9.97 Å². The molecule has 4 rings (SSSR count). The zero-order valence-electron chi connectivity index (χ0n) is 24.5. The molecular formula is C28H43N7O3Si. The van der Waals surface area contributed by atoms with E-state index in [0.29, 0.717) is 29.0 Å². The number of rotatable bonds is 10. The Morgan fingerprint density at radius 3 is 2.46 bits per heavy atom. The van der Waals surface area contributed by atoms with Crippen LogP contribution in [0, 0.1) is 5.41 Å². The van der Waals surface area contributed by atoms with Crippen molar-refractivity contribution in [2.24, 2.45) is 5.41 Å². The zero-order valence-corrected chi connectivity index (χ0v) is 25.5. The van der Waals surface area contributed by atoms with Crippen molar-refractivity contribution in [2.75, 3.05) is 19.7 Å². The van der Waals surface area contributed by atoms with Crippen molar-refractivity contribution < 1.29 is 14.3 Å². The first-order valence-corrected chi connectivity index (χ1v) is 17.6. The SMILES string of the molecule is CCn1cc(-c2cnc3c(n2)c(C(=O)N[C@@H](C(=O)N2CCCC2)C(C)(C)C)cn3COCC[Si](C)(C)C)cn1. The van der Waals surface area contributed by atoms with Crippen molar-refractivity contribution >= 4 is 31.1 Å². The van der Waals surface area contributed by atoms with Crippen molar-refractivity contribution in [1.29, 1.82) is 0 Å². The summed E-state index contributed by atoms with van der Waals surface area (Å²) < 4.78 is 9.65. The number of carbonyl (C=O) groups is 2. The fourth-order valence-corrected chi connectivity index (χ4v) is 5.40. The monoisotopic (exact) mass is 553 g/mol. The van der Waals surface area contributed by atoms with E-state index >= 15 is 0 Å². The van der Waals surface area contributed by atoms with Crippen LogP contribution in [0.1, 0.15) is 50.9 Å². The van der Waals surface area contributed by atoms with Crippen LogP contribution in [-0.2, 0) is 22.8 Å². The summed E-state index contributed by atoms with van der Waals surface area (Å²) >= 11 is 0. The Labute approximate surface area is 232 Å². The third kappa shape index (κ3) is 6.94. The Morgan fingerprint density at radius 2 is 1.85 bits per heavy atom. The molecule has 4 heterocycles. The smallest absolute Gasteiger partial charge is 0.255 e. The normalized spacial score (nSPS) is 15.2. The Balaban J connectivity index is 1.67. The molecule has 1 saturated heterocycles. The topological polar surface area (TPSA) is 107 Å². The number of hydrogen-bond acceptors (Lipinski definition) is 6. The van der Waals surface area contributed by atoms with Gasteiger partial charge in [0.15, 0.2) is 5.65 Å². The molecule has 1 atom stereocenters. The van der Waals surface area contributed by atoms with E-state index in [2.05, 4.69) is 35.0 Å². The van der Waals surface area contributed by atoms with Gasteiger partial charge in [0.05, 0.1) is 23.7 Å². The van der Waals surface area contributed by atoms with E-state index in [1.54, 1.807) is 18.6 Å². The molecule has 0 aliphatic carbocycles. The second kappa shape index (κ2) is 11.6. The summed E-state index contributed by atoms with van der Waals surface area (Å²) in [6.45, 7) is 18.0. The highest BCUT2D eigenvalue weighted by molar-refractivity contribution is 6.76. The molecule has 0 bridgehead atoms. The van der Waals surface area contributed by atoms with Gasteiger partial charge in [0.25, 0.3) is 5.91 Å². The number of carbonyl (C=O) groups excluding carboxylic acids is 2. The number of amides is 2. The first-order chi connectivity index (χ1) is 18.4. The van der Waals surface area contributed by atoms with Crippen LogP contribution in [0.25, 0.3) is 22.4 Å². The summed E-state index contributed by atoms with van der Waals surface area (Å²) in [5.41, 5.74) is 2.42. The van der Waals surface area contributed by atoms with Gasteiger partial charge >= 0.3 is 0 Å². The highest BCUT2D eigenvalue weighted by Gasteiger charge is 2.37. The molecule has 2 amide bonds. The molecule has 0 aromatic carbocycles. The molecule has 10 nitrogen and oxygen atoms in total. The third-order valence-corrected chi connectivity index (χ3v) is 8.80. The molecule has 39 heavy (non-hydrogen) atoms. The van der Waals surface area contributed by atoms with E-state index < -0.39 is 19.5 Å². The first kappa shape index (κ1) is 28.9. The average Bonchev–Trinajstić information content (AvgIpc) is 3.63. The van der Waals surface area contributed by atoms with E-state index in [9.17, 15) is 9.59 Å². The van der Waals surface area contributed by atoms with Crippen LogP contribution < -0.4 is 5.32 Å². The van der Waals surface area contributed by atoms with Gasteiger partial charge in [-0.3, -0.25) is 14.3 Å². The second-order valence-corrected chi connectivity index (χ2v) is 18.3. The molecule has 3 aromatic heterocycles. The van der Waals surface area contributed by atoms with E-state index in [0.717, 1.165) is 44.1 Å². The van der Waals surface area contributed by atoms with Gasteiger partial charge in [0.1, 0.15) is 18.3 Å². The molecule has 1 N–H and O–H groups in total. The van der Waals surface area contributed by atoms with Gasteiger partial charge in [-0.15, -0.1) is 0 Å². The molecule has 1 aliphatic rings. The van der Waals surface area contributed by atoms with E-state index in [-0.39, 0.29) is 18.5 Å². The summed E-state index contributed by atoms with van der Waals surface area (Å²) in [6, 6.07) is 0.385. The lowest BCUT2D eigenvalue weighted by Gasteiger charge is -2.33. The number of likely N-dealkylation sites (tertiary alicyclic amines) is 1. The van der Waals surface area contributed by atoms with Gasteiger partial charge in [-0.1, -0.05) is 40.4 Å². The molecule has 0 unspecified atom stereocenters. The summed E-state index contributed by atoms with van der Waals surface area (Å²) in [7, 11) is -1.24. The van der Waals surface area contributed by atoms with Gasteiger partial charge in [-0.2, -0.15) is 5.10 Å². The Morgan fingerprint density at radius 1 is 1.13 bits per heavy atom. The van der Waals surface area contributed by atoms with Gasteiger partial charge in [0.2, 0.25) is 5.91 Å². The van der Waals surface area contributed by atoms with E-state index in [1.807, 2.05) is 48.0 Å². The van der Waals surface area contributed by atoms with Crippen molar-refractivity contribution in [2.45, 2.75) is 85.5 Å². The third-order valence-electron chi connectivity index (χ3n) is 7.10. The Hall–Kier alpha value is -3.05. The summed E-state index contributed by atoms with van der Waals surface area (Å²) in [5, 5.41) is 7.40. The van der Waals surface area contributed by atoms with Gasteiger partial charge in [-0.05, 0) is 31.2 Å². The summed E-state index contributed by atoms with van der Waals surface area (Å²) in [4.78, 5) is 38.6. The predicted octanol–water partition coefficient (Wildman–Crippen LogP) is 4.39. The number of aryl methyl sites for hydroxylation is 1. The lowest BCUT2D eigenvalue weighted by Crippen LogP contribution is -2.54. The number of aromatic nitrogens is 5. The van der Waals surface area contributed by atoms with Crippen molar-refractivity contribution in [3.8, 4) is 11.3 Å². The summed E-state index contributed by atoms with van der Waals surface area (Å²) in [5.74, 6) is -0.380. The highest BCUT2D eigenvalue weighted by atomic mass is 28.3. The van der Waals surface area contributed by atoms with Crippen LogP contribution in [0.15, 0.2) is 24.8 Å². The number of nitrogens with zero attached hydrogens (tertiary/aromatic N) is 6. The minimum absolute atomic E-state index is 0.0366. The maximum atomic E-state index is 13.8. The molecular weight excluding hydrogens is 510 g/mol. The van der Waals surface area contributed by atoms with Crippen LogP contribution in [0.5, 0.6) is 0 Å². The highest BCUT2D eigenvalue weighted by Crippen LogP contribution is 2.26. The van der Waals surface area contributed by atoms with E-state index in [1.165, 1.54) is 0 Å². The maximum Gasteiger partial charge on any atom is 0.255 e. The van der Waals surface area contributed by atoms with Gasteiger partial charge in [0, 0.05) is 52.3 Å². The van der Waals surface area contributed by atoms with Crippen molar-refractivity contribution in [1.82, 2.24) is 34.5 Å².